The zero-order valence-corrected chi connectivity index (χ0v) is 20.6. The molecule has 1 aromatic heterocycles. The summed E-state index contributed by atoms with van der Waals surface area (Å²) in [7, 11) is 0. The van der Waals surface area contributed by atoms with Crippen LogP contribution in [0.15, 0.2) is 30.6 Å². The number of amides is 2. The van der Waals surface area contributed by atoms with Crippen LogP contribution >= 0.6 is 11.6 Å². The lowest BCUT2D eigenvalue weighted by Crippen LogP contribution is -2.53. The molecule has 3 aliphatic rings. The summed E-state index contributed by atoms with van der Waals surface area (Å²) in [6, 6.07) is 7.43. The highest BCUT2D eigenvalue weighted by Crippen LogP contribution is 2.42. The van der Waals surface area contributed by atoms with Gasteiger partial charge in [0.15, 0.2) is 0 Å². The minimum absolute atomic E-state index is 0.0103. The summed E-state index contributed by atoms with van der Waals surface area (Å²) in [4.78, 5) is 40.7. The fourth-order valence-electron chi connectivity index (χ4n) is 5.44. The third-order valence-corrected chi connectivity index (χ3v) is 7.55. The number of carbonyl (C=O) groups excluding carboxylic acids is 2. The van der Waals surface area contributed by atoms with Gasteiger partial charge in [-0.05, 0) is 30.0 Å². The highest BCUT2D eigenvalue weighted by Gasteiger charge is 2.35. The number of nitrogens with zero attached hydrogens (tertiary/aromatic N) is 5. The van der Waals surface area contributed by atoms with E-state index >= 15 is 0 Å². The van der Waals surface area contributed by atoms with Crippen molar-refractivity contribution in [1.29, 1.82) is 0 Å². The van der Waals surface area contributed by atoms with Crippen molar-refractivity contribution in [2.45, 2.75) is 31.3 Å². The van der Waals surface area contributed by atoms with Crippen LogP contribution in [0.1, 0.15) is 48.1 Å². The summed E-state index contributed by atoms with van der Waals surface area (Å²) < 4.78 is 0. The van der Waals surface area contributed by atoms with E-state index in [0.717, 1.165) is 29.2 Å². The van der Waals surface area contributed by atoms with Gasteiger partial charge in [-0.3, -0.25) is 14.5 Å². The quantitative estimate of drug-likeness (QED) is 0.644. The van der Waals surface area contributed by atoms with Crippen LogP contribution in [0.2, 0.25) is 5.02 Å². The van der Waals surface area contributed by atoms with E-state index < -0.39 is 6.10 Å². The second kappa shape index (κ2) is 10.1. The second-order valence-corrected chi connectivity index (χ2v) is 10.1. The van der Waals surface area contributed by atoms with Gasteiger partial charge in [0, 0.05) is 56.4 Å². The number of aliphatic hydroxyl groups excluding tert-OH is 1. The number of rotatable bonds is 5. The van der Waals surface area contributed by atoms with Crippen LogP contribution in [0, 0.1) is 0 Å². The largest absolute Gasteiger partial charge is 0.387 e. The topological polar surface area (TPSA) is 102 Å². The summed E-state index contributed by atoms with van der Waals surface area (Å²) in [5, 5.41) is 13.8. The molecular formula is C25H31ClN6O3. The van der Waals surface area contributed by atoms with Crippen molar-refractivity contribution in [2.24, 2.45) is 0 Å². The SMILES string of the molecule is C[C@@H]1C[C@@H](O)c2ncnc(N3CCN(C(=O)[C@@H](CN4CCNC(=O)C4)c4ccc(Cl)cc4)CC3)c21. The molecule has 186 valence electrons. The molecule has 0 spiro atoms. The Kier molecular flexibility index (Phi) is 6.91. The van der Waals surface area contributed by atoms with Gasteiger partial charge >= 0.3 is 0 Å². The van der Waals surface area contributed by atoms with Crippen molar-refractivity contribution in [2.75, 3.05) is 57.3 Å². The first-order valence-electron chi connectivity index (χ1n) is 12.2. The number of piperazine rings is 2. The number of anilines is 1. The Balaban J connectivity index is 1.31. The van der Waals surface area contributed by atoms with Crippen molar-refractivity contribution >= 4 is 29.2 Å². The smallest absolute Gasteiger partial charge is 0.234 e. The third kappa shape index (κ3) is 4.98. The fraction of sp³-hybridized carbons (Fsp3) is 0.520. The van der Waals surface area contributed by atoms with E-state index in [1.807, 2.05) is 34.1 Å². The Morgan fingerprint density at radius 1 is 1.17 bits per heavy atom. The van der Waals surface area contributed by atoms with Crippen LogP contribution in [-0.4, -0.2) is 89.0 Å². The van der Waals surface area contributed by atoms with E-state index in [4.69, 9.17) is 11.6 Å². The molecule has 2 amide bonds. The molecule has 2 N–H and O–H groups in total. The third-order valence-electron chi connectivity index (χ3n) is 7.30. The fourth-order valence-corrected chi connectivity index (χ4v) is 5.57. The average molecular weight is 499 g/mol. The zero-order chi connectivity index (χ0) is 24.5. The van der Waals surface area contributed by atoms with E-state index in [-0.39, 0.29) is 23.7 Å². The molecule has 35 heavy (non-hydrogen) atoms. The van der Waals surface area contributed by atoms with E-state index in [0.29, 0.717) is 57.3 Å². The Morgan fingerprint density at radius 3 is 2.63 bits per heavy atom. The van der Waals surface area contributed by atoms with Crippen molar-refractivity contribution in [3.8, 4) is 0 Å². The minimum Gasteiger partial charge on any atom is -0.387 e. The summed E-state index contributed by atoms with van der Waals surface area (Å²) in [6.07, 6.45) is 1.65. The number of aromatic nitrogens is 2. The maximum absolute atomic E-state index is 13.8. The maximum Gasteiger partial charge on any atom is 0.234 e. The lowest BCUT2D eigenvalue weighted by atomic mass is 9.96. The van der Waals surface area contributed by atoms with Crippen LogP contribution in [0.4, 0.5) is 5.82 Å². The van der Waals surface area contributed by atoms with Crippen LogP contribution in [0.25, 0.3) is 0 Å². The van der Waals surface area contributed by atoms with Crippen molar-refractivity contribution in [3.05, 3.63) is 52.4 Å². The molecule has 0 saturated carbocycles. The monoisotopic (exact) mass is 498 g/mol. The molecule has 0 radical (unpaired) electrons. The molecule has 0 bridgehead atoms. The molecule has 0 unspecified atom stereocenters. The Labute approximate surface area is 210 Å². The van der Waals surface area contributed by atoms with Gasteiger partial charge in [0.1, 0.15) is 12.1 Å². The number of aliphatic hydroxyl groups is 1. The number of carbonyl (C=O) groups is 2. The average Bonchev–Trinajstić information content (AvgIpc) is 3.16. The van der Waals surface area contributed by atoms with Crippen molar-refractivity contribution in [3.63, 3.8) is 0 Å². The predicted molar refractivity (Wildman–Crippen MR) is 132 cm³/mol. The van der Waals surface area contributed by atoms with Gasteiger partial charge in [-0.1, -0.05) is 30.7 Å². The summed E-state index contributed by atoms with van der Waals surface area (Å²) in [5.74, 6) is 0.758. The molecule has 5 rings (SSSR count). The number of halogens is 1. The zero-order valence-electron chi connectivity index (χ0n) is 19.9. The van der Waals surface area contributed by atoms with Gasteiger partial charge in [-0.15, -0.1) is 0 Å². The molecule has 10 heteroatoms. The summed E-state index contributed by atoms with van der Waals surface area (Å²) in [6.45, 7) is 6.69. The highest BCUT2D eigenvalue weighted by atomic mass is 35.5. The van der Waals surface area contributed by atoms with Crippen LogP contribution < -0.4 is 10.2 Å². The summed E-state index contributed by atoms with van der Waals surface area (Å²) >= 11 is 6.10. The molecule has 2 aliphatic heterocycles. The molecule has 2 fully saturated rings. The molecular weight excluding hydrogens is 468 g/mol. The maximum atomic E-state index is 13.8. The second-order valence-electron chi connectivity index (χ2n) is 9.65. The van der Waals surface area contributed by atoms with Gasteiger partial charge in [0.05, 0.1) is 24.3 Å². The van der Waals surface area contributed by atoms with Gasteiger partial charge in [0.2, 0.25) is 11.8 Å². The van der Waals surface area contributed by atoms with E-state index in [9.17, 15) is 14.7 Å². The first-order chi connectivity index (χ1) is 16.9. The molecule has 2 aromatic rings. The first-order valence-corrected chi connectivity index (χ1v) is 12.6. The molecule has 2 saturated heterocycles. The number of fused-ring (bicyclic) bond motifs is 1. The standard InChI is InChI=1S/C25H31ClN6O3/c1-16-12-20(33)23-22(16)24(29-15-28-23)31-8-10-32(11-9-31)25(35)19(17-2-4-18(26)5-3-17)13-30-7-6-27-21(34)14-30/h2-5,15-16,19-20,33H,6-14H2,1H3,(H,27,34)/t16-,19+,20-/m1/s1. The Bertz CT molecular complexity index is 1090. The lowest BCUT2D eigenvalue weighted by Gasteiger charge is -2.39. The van der Waals surface area contributed by atoms with E-state index in [2.05, 4.69) is 27.1 Å². The molecule has 9 nitrogen and oxygen atoms in total. The Morgan fingerprint density at radius 2 is 1.91 bits per heavy atom. The van der Waals surface area contributed by atoms with Gasteiger partial charge < -0.3 is 20.2 Å². The lowest BCUT2D eigenvalue weighted by molar-refractivity contribution is -0.134. The first kappa shape index (κ1) is 24.0. The Hall–Kier alpha value is -2.75. The van der Waals surface area contributed by atoms with Crippen molar-refractivity contribution in [1.82, 2.24) is 25.1 Å². The predicted octanol–water partition coefficient (Wildman–Crippen LogP) is 1.53. The number of hydrogen-bond acceptors (Lipinski definition) is 7. The number of nitrogens with one attached hydrogen (secondary N) is 1. The molecule has 1 aromatic carbocycles. The van der Waals surface area contributed by atoms with Crippen molar-refractivity contribution < 1.29 is 14.7 Å². The van der Waals surface area contributed by atoms with E-state index in [1.165, 1.54) is 6.33 Å². The van der Waals surface area contributed by atoms with Crippen LogP contribution in [0.5, 0.6) is 0 Å². The minimum atomic E-state index is -0.540. The van der Waals surface area contributed by atoms with Gasteiger partial charge in [-0.2, -0.15) is 0 Å². The summed E-state index contributed by atoms with van der Waals surface area (Å²) in [5.41, 5.74) is 2.67. The number of benzene rings is 1. The number of hydrogen-bond donors (Lipinski definition) is 2. The normalized spacial score (nSPS) is 23.7. The molecule has 1 aliphatic carbocycles. The van der Waals surface area contributed by atoms with Crippen LogP contribution in [0.3, 0.4) is 0 Å². The van der Waals surface area contributed by atoms with Gasteiger partial charge in [0.25, 0.3) is 0 Å². The molecule has 3 atom stereocenters. The molecule has 3 heterocycles. The van der Waals surface area contributed by atoms with E-state index in [1.54, 1.807) is 0 Å². The van der Waals surface area contributed by atoms with Gasteiger partial charge in [-0.25, -0.2) is 9.97 Å². The van der Waals surface area contributed by atoms with Crippen LogP contribution in [-0.2, 0) is 9.59 Å². The highest BCUT2D eigenvalue weighted by molar-refractivity contribution is 6.30.